The Bertz CT molecular complexity index is 72.4. The van der Waals surface area contributed by atoms with Crippen molar-refractivity contribution < 1.29 is 18.6 Å². The molecule has 1 aliphatic rings. The van der Waals surface area contributed by atoms with Gasteiger partial charge in [-0.1, -0.05) is 0 Å². The van der Waals surface area contributed by atoms with Crippen molar-refractivity contribution in [2.75, 3.05) is 0 Å². The van der Waals surface area contributed by atoms with Gasteiger partial charge in [0, 0.05) is 0 Å². The molecule has 0 heterocycles. The molecule has 0 fully saturated rings. The van der Waals surface area contributed by atoms with E-state index in [1.807, 2.05) is 12.2 Å². The number of hydrogen-bond acceptors (Lipinski definition) is 0. The second-order valence-electron chi connectivity index (χ2n) is 1.32. The molecule has 1 rings (SSSR count). The van der Waals surface area contributed by atoms with Crippen LogP contribution in [0.15, 0.2) is 18.2 Å². The van der Waals surface area contributed by atoms with Crippen LogP contribution >= 0.6 is 0 Å². The summed E-state index contributed by atoms with van der Waals surface area (Å²) >= 11 is 0.583. The summed E-state index contributed by atoms with van der Waals surface area (Å²) in [5, 5.41) is 4.47. The van der Waals surface area contributed by atoms with Crippen LogP contribution < -0.4 is 0 Å². The minimum atomic E-state index is 0.583. The molecule has 0 radical (unpaired) electrons. The predicted octanol–water partition coefficient (Wildman–Crippen LogP) is 2.47. The molecule has 0 aliphatic heterocycles. The summed E-state index contributed by atoms with van der Waals surface area (Å²) in [7, 11) is 0. The molecule has 1 aliphatic carbocycles. The molecule has 8 heavy (non-hydrogen) atoms. The summed E-state index contributed by atoms with van der Waals surface area (Å²) in [6.45, 7) is 0. The van der Waals surface area contributed by atoms with Gasteiger partial charge in [-0.25, -0.2) is 12.2 Å². The van der Waals surface area contributed by atoms with Gasteiger partial charge in [0.1, 0.15) is 0 Å². The van der Waals surface area contributed by atoms with Gasteiger partial charge in [-0.15, -0.1) is 6.42 Å². The van der Waals surface area contributed by atoms with E-state index >= 15 is 0 Å². The van der Waals surface area contributed by atoms with Crippen LogP contribution in [-0.4, -0.2) is 0 Å². The van der Waals surface area contributed by atoms with Crippen molar-refractivity contribution in [1.29, 1.82) is 0 Å². The molecule has 0 amide bonds. The van der Waals surface area contributed by atoms with Crippen molar-refractivity contribution in [3.63, 3.8) is 0 Å². The first kappa shape index (κ1) is 8.17. The van der Waals surface area contributed by atoms with Gasteiger partial charge in [0.15, 0.2) is 0 Å². The Morgan fingerprint density at radius 3 is 2.25 bits per heavy atom. The molecular weight excluding hydrogens is 279 g/mol. The summed E-state index contributed by atoms with van der Waals surface area (Å²) in [5.41, 5.74) is 0. The van der Waals surface area contributed by atoms with Crippen molar-refractivity contribution in [3.8, 4) is 0 Å². The predicted molar refractivity (Wildman–Crippen MR) is 33.3 cm³/mol. The van der Waals surface area contributed by atoms with Gasteiger partial charge < -0.3 is 0 Å². The summed E-state index contributed by atoms with van der Waals surface area (Å²) in [6, 6.07) is 0. The van der Waals surface area contributed by atoms with Gasteiger partial charge in [0.05, 0.1) is 0 Å². The van der Waals surface area contributed by atoms with Crippen LogP contribution in [0.4, 0.5) is 0 Å². The van der Waals surface area contributed by atoms with Crippen LogP contribution in [0.5, 0.6) is 0 Å². The number of hydrogen-bond donors (Lipinski definition) is 0. The third-order valence-corrected chi connectivity index (χ3v) is 0.586. The van der Waals surface area contributed by atoms with E-state index in [1.54, 1.807) is 0 Å². The van der Waals surface area contributed by atoms with Crippen molar-refractivity contribution in [2.45, 2.75) is 17.0 Å². The molecule has 0 N–H and O–H groups in total. The molecule has 0 aromatic heterocycles. The van der Waals surface area contributed by atoms with Gasteiger partial charge in [-0.2, -0.15) is 6.08 Å². The standard InChI is InChI=1S/C5H5.2CH3.Pt/c1-2-4-5-3-1;;;/h1-3H,4H2;2*1H3;/q-1;;;+1. The maximum absolute atomic E-state index is 2.99. The molecule has 0 saturated heterocycles. The molecular formula is C7H11Pt. The van der Waals surface area contributed by atoms with Gasteiger partial charge >= 0.3 is 29.2 Å². The Morgan fingerprint density at radius 1 is 1.50 bits per heavy atom. The zero-order valence-electron chi connectivity index (χ0n) is 5.26. The Hall–Kier alpha value is 0.168. The fourth-order valence-corrected chi connectivity index (χ4v) is 0.340. The van der Waals surface area contributed by atoms with Crippen molar-refractivity contribution >= 4 is 0 Å². The van der Waals surface area contributed by atoms with E-state index < -0.39 is 0 Å². The summed E-state index contributed by atoms with van der Waals surface area (Å²) in [6.07, 6.45) is 10.0. The average Bonchev–Trinajstić information content (AvgIpc) is 2.17. The minimum absolute atomic E-state index is 0.583. The Balaban J connectivity index is 0.000000145. The summed E-state index contributed by atoms with van der Waals surface area (Å²) in [4.78, 5) is 0. The van der Waals surface area contributed by atoms with E-state index in [0.29, 0.717) is 18.6 Å². The van der Waals surface area contributed by atoms with E-state index in [4.69, 9.17) is 0 Å². The topological polar surface area (TPSA) is 0 Å². The SMILES string of the molecule is [C-]1=CC=CC1.[CH3][Pt+][CH3]. The van der Waals surface area contributed by atoms with E-state index in [2.05, 4.69) is 22.8 Å². The van der Waals surface area contributed by atoms with Crippen molar-refractivity contribution in [3.05, 3.63) is 24.3 Å². The van der Waals surface area contributed by atoms with Crippen molar-refractivity contribution in [2.24, 2.45) is 0 Å². The fourth-order valence-electron chi connectivity index (χ4n) is 0.340. The van der Waals surface area contributed by atoms with Crippen LogP contribution in [0, 0.1) is 6.08 Å². The van der Waals surface area contributed by atoms with E-state index in [-0.39, 0.29) is 0 Å². The molecule has 0 saturated carbocycles. The first-order valence-electron chi connectivity index (χ1n) is 2.35. The van der Waals surface area contributed by atoms with Crippen LogP contribution in [-0.2, 0) is 18.6 Å². The summed E-state index contributed by atoms with van der Waals surface area (Å²) < 4.78 is 0. The Kier molecular flexibility index (Phi) is 7.32. The van der Waals surface area contributed by atoms with Crippen LogP contribution in [0.2, 0.25) is 10.6 Å². The molecule has 0 atom stereocenters. The fraction of sp³-hybridized carbons (Fsp3) is 0.429. The number of rotatable bonds is 0. The zero-order chi connectivity index (χ0) is 6.24. The normalized spacial score (nSPS) is 13.8. The maximum atomic E-state index is 2.99. The molecule has 0 bridgehead atoms. The van der Waals surface area contributed by atoms with Crippen LogP contribution in [0.1, 0.15) is 6.42 Å². The monoisotopic (exact) mass is 290 g/mol. The first-order valence-corrected chi connectivity index (χ1v) is 6.89. The molecule has 0 aromatic carbocycles. The van der Waals surface area contributed by atoms with E-state index in [0.717, 1.165) is 6.42 Å². The third-order valence-electron chi connectivity index (χ3n) is 0.586. The molecule has 0 aromatic rings. The van der Waals surface area contributed by atoms with Gasteiger partial charge in [0.25, 0.3) is 0 Å². The second kappa shape index (κ2) is 7.17. The van der Waals surface area contributed by atoms with E-state index in [9.17, 15) is 0 Å². The Labute approximate surface area is 60.2 Å². The van der Waals surface area contributed by atoms with Crippen LogP contribution in [0.3, 0.4) is 0 Å². The molecule has 1 heteroatoms. The zero-order valence-corrected chi connectivity index (χ0v) is 7.53. The van der Waals surface area contributed by atoms with Crippen LogP contribution in [0.25, 0.3) is 0 Å². The van der Waals surface area contributed by atoms with Crippen molar-refractivity contribution in [1.82, 2.24) is 0 Å². The van der Waals surface area contributed by atoms with Gasteiger partial charge in [-0.05, 0) is 0 Å². The quantitative estimate of drug-likeness (QED) is 0.601. The second-order valence-corrected chi connectivity index (χ2v) is 3.59. The number of allylic oxidation sites excluding steroid dienone is 4. The molecule has 0 nitrogen and oxygen atoms in total. The van der Waals surface area contributed by atoms with Gasteiger partial charge in [0.2, 0.25) is 0 Å². The summed E-state index contributed by atoms with van der Waals surface area (Å²) in [5.74, 6) is 0. The Morgan fingerprint density at radius 2 is 2.12 bits per heavy atom. The molecule has 49 valence electrons. The third kappa shape index (κ3) is 6.17. The molecule has 0 unspecified atom stereocenters. The van der Waals surface area contributed by atoms with Gasteiger partial charge in [-0.3, -0.25) is 6.08 Å². The van der Waals surface area contributed by atoms with E-state index in [1.165, 1.54) is 0 Å². The average molecular weight is 290 g/mol. The molecule has 0 spiro atoms. The first-order chi connectivity index (χ1) is 3.91.